The van der Waals surface area contributed by atoms with Crippen molar-refractivity contribution in [1.29, 1.82) is 0 Å². The molecule has 2 nitrogen and oxygen atoms in total. The Kier molecular flexibility index (Phi) is 4.23. The van der Waals surface area contributed by atoms with Gasteiger partial charge in [0.25, 0.3) is 0 Å². The van der Waals surface area contributed by atoms with Gasteiger partial charge in [-0.15, -0.1) is 11.6 Å². The van der Waals surface area contributed by atoms with Gasteiger partial charge in [0.2, 0.25) is 0 Å². The second-order valence-corrected chi connectivity index (χ2v) is 5.12. The molecular weight excluding hydrogens is 277 g/mol. The zero-order valence-corrected chi connectivity index (χ0v) is 11.4. The number of anilines is 1. The van der Waals surface area contributed by atoms with Crippen LogP contribution in [-0.2, 0) is 5.88 Å². The van der Waals surface area contributed by atoms with Crippen LogP contribution in [0, 0.1) is 12.8 Å². The average molecular weight is 293 g/mol. The first-order valence-electron chi connectivity index (χ1n) is 6.26. The Hall–Kier alpha value is -0.970. The predicted molar refractivity (Wildman–Crippen MR) is 69.5 cm³/mol. The van der Waals surface area contributed by atoms with Crippen LogP contribution in [0.4, 0.5) is 19.0 Å². The molecule has 0 unspecified atom stereocenters. The molecule has 0 N–H and O–H groups in total. The average Bonchev–Trinajstić information content (AvgIpc) is 2.38. The number of pyridine rings is 1. The number of aryl methyl sites for hydroxylation is 1. The lowest BCUT2D eigenvalue weighted by Crippen LogP contribution is -2.39. The quantitative estimate of drug-likeness (QED) is 0.768. The van der Waals surface area contributed by atoms with Crippen molar-refractivity contribution in [3.63, 3.8) is 0 Å². The molecular formula is C13H16ClF3N2. The van der Waals surface area contributed by atoms with Gasteiger partial charge in [-0.25, -0.2) is 4.98 Å². The van der Waals surface area contributed by atoms with Crippen molar-refractivity contribution in [2.24, 2.45) is 5.92 Å². The lowest BCUT2D eigenvalue weighted by Gasteiger charge is -2.33. The first-order valence-corrected chi connectivity index (χ1v) is 6.79. The standard InChI is InChI=1S/C13H16ClF3N2/c1-9-10(8-14)2-3-12(18-9)19-6-4-11(5-7-19)13(15,16)17/h2-3,11H,4-8H2,1H3. The fourth-order valence-corrected chi connectivity index (χ4v) is 2.61. The van der Waals surface area contributed by atoms with E-state index in [-0.39, 0.29) is 12.8 Å². The molecule has 106 valence electrons. The normalized spacial score (nSPS) is 17.8. The summed E-state index contributed by atoms with van der Waals surface area (Å²) in [6.07, 6.45) is -3.79. The maximum absolute atomic E-state index is 12.6. The first kappa shape index (κ1) is 14.4. The van der Waals surface area contributed by atoms with Crippen molar-refractivity contribution in [1.82, 2.24) is 4.98 Å². The van der Waals surface area contributed by atoms with Gasteiger partial charge in [-0.05, 0) is 31.4 Å². The molecule has 19 heavy (non-hydrogen) atoms. The Morgan fingerprint density at radius 3 is 2.42 bits per heavy atom. The van der Waals surface area contributed by atoms with Crippen LogP contribution in [0.25, 0.3) is 0 Å². The van der Waals surface area contributed by atoms with Crippen molar-refractivity contribution < 1.29 is 13.2 Å². The molecule has 1 aliphatic rings. The van der Waals surface area contributed by atoms with E-state index in [4.69, 9.17) is 11.6 Å². The van der Waals surface area contributed by atoms with Crippen molar-refractivity contribution in [2.75, 3.05) is 18.0 Å². The smallest absolute Gasteiger partial charge is 0.357 e. The van der Waals surface area contributed by atoms with E-state index in [1.165, 1.54) is 0 Å². The van der Waals surface area contributed by atoms with Gasteiger partial charge in [-0.3, -0.25) is 0 Å². The van der Waals surface area contributed by atoms with Gasteiger partial charge >= 0.3 is 6.18 Å². The largest absolute Gasteiger partial charge is 0.391 e. The van der Waals surface area contributed by atoms with Gasteiger partial charge in [-0.1, -0.05) is 6.07 Å². The van der Waals surface area contributed by atoms with Crippen LogP contribution in [0.3, 0.4) is 0 Å². The lowest BCUT2D eigenvalue weighted by molar-refractivity contribution is -0.179. The Morgan fingerprint density at radius 1 is 1.32 bits per heavy atom. The van der Waals surface area contributed by atoms with Crippen molar-refractivity contribution in [3.05, 3.63) is 23.4 Å². The minimum Gasteiger partial charge on any atom is -0.357 e. The van der Waals surface area contributed by atoms with E-state index in [0.29, 0.717) is 19.0 Å². The molecule has 6 heteroatoms. The molecule has 1 aromatic rings. The molecule has 1 fully saturated rings. The molecule has 0 radical (unpaired) electrons. The van der Waals surface area contributed by atoms with Crippen LogP contribution < -0.4 is 4.90 Å². The number of piperidine rings is 1. The van der Waals surface area contributed by atoms with Gasteiger partial charge in [0.15, 0.2) is 0 Å². The number of nitrogens with zero attached hydrogens (tertiary/aromatic N) is 2. The summed E-state index contributed by atoms with van der Waals surface area (Å²) in [5, 5.41) is 0. The molecule has 0 aliphatic carbocycles. The molecule has 0 bridgehead atoms. The summed E-state index contributed by atoms with van der Waals surface area (Å²) in [5.41, 5.74) is 1.79. The molecule has 0 spiro atoms. The first-order chi connectivity index (χ1) is 8.91. The number of hydrogen-bond acceptors (Lipinski definition) is 2. The number of aromatic nitrogens is 1. The lowest BCUT2D eigenvalue weighted by atomic mass is 9.96. The van der Waals surface area contributed by atoms with Crippen LogP contribution >= 0.6 is 11.6 Å². The van der Waals surface area contributed by atoms with Crippen LogP contribution in [0.5, 0.6) is 0 Å². The summed E-state index contributed by atoms with van der Waals surface area (Å²) in [6, 6.07) is 3.72. The van der Waals surface area contributed by atoms with Crippen LogP contribution in [-0.4, -0.2) is 24.2 Å². The Morgan fingerprint density at radius 2 is 1.95 bits per heavy atom. The van der Waals surface area contributed by atoms with E-state index in [9.17, 15) is 13.2 Å². The van der Waals surface area contributed by atoms with Crippen molar-refractivity contribution in [2.45, 2.75) is 31.8 Å². The third-order valence-electron chi connectivity index (χ3n) is 3.61. The number of alkyl halides is 4. The zero-order valence-electron chi connectivity index (χ0n) is 10.7. The summed E-state index contributed by atoms with van der Waals surface area (Å²) in [7, 11) is 0. The second-order valence-electron chi connectivity index (χ2n) is 4.85. The molecule has 1 aromatic heterocycles. The fourth-order valence-electron chi connectivity index (χ4n) is 2.33. The van der Waals surface area contributed by atoms with Crippen molar-refractivity contribution in [3.8, 4) is 0 Å². The molecule has 2 rings (SSSR count). The highest BCUT2D eigenvalue weighted by Crippen LogP contribution is 2.35. The molecule has 0 amide bonds. The highest BCUT2D eigenvalue weighted by atomic mass is 35.5. The van der Waals surface area contributed by atoms with E-state index >= 15 is 0 Å². The van der Waals surface area contributed by atoms with E-state index < -0.39 is 12.1 Å². The summed E-state index contributed by atoms with van der Waals surface area (Å²) in [6.45, 7) is 2.66. The zero-order chi connectivity index (χ0) is 14.0. The highest BCUT2D eigenvalue weighted by Gasteiger charge is 2.41. The van der Waals surface area contributed by atoms with Gasteiger partial charge in [0, 0.05) is 24.7 Å². The Labute approximate surface area is 115 Å². The summed E-state index contributed by atoms with van der Waals surface area (Å²) in [5.74, 6) is -0.0334. The van der Waals surface area contributed by atoms with Crippen LogP contribution in [0.1, 0.15) is 24.1 Å². The van der Waals surface area contributed by atoms with Crippen molar-refractivity contribution >= 4 is 17.4 Å². The molecule has 0 atom stereocenters. The molecule has 1 saturated heterocycles. The minimum atomic E-state index is -4.07. The highest BCUT2D eigenvalue weighted by molar-refractivity contribution is 6.17. The van der Waals surface area contributed by atoms with E-state index in [0.717, 1.165) is 17.1 Å². The van der Waals surface area contributed by atoms with E-state index in [1.54, 1.807) is 0 Å². The minimum absolute atomic E-state index is 0.140. The maximum Gasteiger partial charge on any atom is 0.391 e. The van der Waals surface area contributed by atoms with Gasteiger partial charge in [0.1, 0.15) is 5.82 Å². The summed E-state index contributed by atoms with van der Waals surface area (Å²) < 4.78 is 37.8. The van der Waals surface area contributed by atoms with Gasteiger partial charge < -0.3 is 4.90 Å². The molecule has 1 aliphatic heterocycles. The molecule has 2 heterocycles. The van der Waals surface area contributed by atoms with Crippen LogP contribution in [0.2, 0.25) is 0 Å². The van der Waals surface area contributed by atoms with Gasteiger partial charge in [-0.2, -0.15) is 13.2 Å². The van der Waals surface area contributed by atoms with Crippen LogP contribution in [0.15, 0.2) is 12.1 Å². The fraction of sp³-hybridized carbons (Fsp3) is 0.615. The Bertz CT molecular complexity index is 440. The third-order valence-corrected chi connectivity index (χ3v) is 3.89. The number of hydrogen-bond donors (Lipinski definition) is 0. The van der Waals surface area contributed by atoms with E-state index in [2.05, 4.69) is 4.98 Å². The topological polar surface area (TPSA) is 16.1 Å². The second kappa shape index (κ2) is 5.57. The van der Waals surface area contributed by atoms with E-state index in [1.807, 2.05) is 24.0 Å². The SMILES string of the molecule is Cc1nc(N2CCC(C(F)(F)F)CC2)ccc1CCl. The summed E-state index contributed by atoms with van der Waals surface area (Å²) >= 11 is 5.76. The van der Waals surface area contributed by atoms with Gasteiger partial charge in [0.05, 0.1) is 5.92 Å². The number of rotatable bonds is 2. The predicted octanol–water partition coefficient (Wildman–Crippen LogP) is 3.91. The Balaban J connectivity index is 2.04. The number of halogens is 4. The molecule has 0 aromatic carbocycles. The monoisotopic (exact) mass is 292 g/mol. The maximum atomic E-state index is 12.6. The molecule has 0 saturated carbocycles. The summed E-state index contributed by atoms with van der Waals surface area (Å²) in [4.78, 5) is 6.33. The third kappa shape index (κ3) is 3.32.